The zero-order valence-corrected chi connectivity index (χ0v) is 12.4. The van der Waals surface area contributed by atoms with Crippen LogP contribution in [0.15, 0.2) is 18.2 Å². The molecule has 20 heavy (non-hydrogen) atoms. The number of ether oxygens (including phenoxy) is 2. The maximum Gasteiger partial charge on any atom is 0.184 e. The molecule has 2 heterocycles. The number of nitrogens with one attached hydrogen (secondary N) is 1. The molecule has 1 fully saturated rings. The molecule has 0 bridgehead atoms. The summed E-state index contributed by atoms with van der Waals surface area (Å²) in [7, 11) is 0. The smallest absolute Gasteiger partial charge is 0.184 e. The SMILES string of the molecule is CCN1CC[C@H](Nc2cccc3c2OCCO3)[C@@H](C)C1. The molecule has 3 rings (SSSR count). The molecule has 0 spiro atoms. The number of hydrogen-bond donors (Lipinski definition) is 1. The molecule has 110 valence electrons. The molecular formula is C16H24N2O2. The van der Waals surface area contributed by atoms with Crippen LogP contribution in [0.3, 0.4) is 0 Å². The van der Waals surface area contributed by atoms with Crippen molar-refractivity contribution in [2.24, 2.45) is 5.92 Å². The number of likely N-dealkylation sites (tertiary alicyclic amines) is 1. The molecule has 2 aliphatic heterocycles. The highest BCUT2D eigenvalue weighted by atomic mass is 16.6. The van der Waals surface area contributed by atoms with Crippen LogP contribution in [0, 0.1) is 5.92 Å². The minimum absolute atomic E-state index is 0.509. The van der Waals surface area contributed by atoms with Gasteiger partial charge in [0, 0.05) is 19.1 Å². The zero-order chi connectivity index (χ0) is 13.9. The minimum atomic E-state index is 0.509. The molecule has 1 aromatic rings. The van der Waals surface area contributed by atoms with Crippen molar-refractivity contribution in [2.45, 2.75) is 26.3 Å². The van der Waals surface area contributed by atoms with Crippen LogP contribution in [0.4, 0.5) is 5.69 Å². The quantitative estimate of drug-likeness (QED) is 0.920. The van der Waals surface area contributed by atoms with Gasteiger partial charge in [0.2, 0.25) is 0 Å². The third kappa shape index (κ3) is 2.70. The van der Waals surface area contributed by atoms with E-state index in [4.69, 9.17) is 9.47 Å². The van der Waals surface area contributed by atoms with Gasteiger partial charge in [-0.15, -0.1) is 0 Å². The summed E-state index contributed by atoms with van der Waals surface area (Å²) in [5.41, 5.74) is 1.07. The second kappa shape index (κ2) is 5.92. The summed E-state index contributed by atoms with van der Waals surface area (Å²) >= 11 is 0. The second-order valence-corrected chi connectivity index (χ2v) is 5.74. The highest BCUT2D eigenvalue weighted by Gasteiger charge is 2.26. The Labute approximate surface area is 121 Å². The van der Waals surface area contributed by atoms with Crippen LogP contribution in [0.5, 0.6) is 11.5 Å². The molecule has 1 N–H and O–H groups in total. The summed E-state index contributed by atoms with van der Waals surface area (Å²) in [6.45, 7) is 9.32. The Kier molecular flexibility index (Phi) is 4.01. The van der Waals surface area contributed by atoms with Gasteiger partial charge in [-0.2, -0.15) is 0 Å². The first kappa shape index (κ1) is 13.6. The van der Waals surface area contributed by atoms with E-state index in [2.05, 4.69) is 30.1 Å². The van der Waals surface area contributed by atoms with Crippen molar-refractivity contribution in [3.63, 3.8) is 0 Å². The van der Waals surface area contributed by atoms with Crippen molar-refractivity contribution in [1.82, 2.24) is 4.90 Å². The molecule has 4 heteroatoms. The lowest BCUT2D eigenvalue weighted by atomic mass is 9.93. The maximum atomic E-state index is 5.78. The largest absolute Gasteiger partial charge is 0.486 e. The Morgan fingerprint density at radius 1 is 1.30 bits per heavy atom. The summed E-state index contributed by atoms with van der Waals surface area (Å²) in [4.78, 5) is 2.52. The van der Waals surface area contributed by atoms with Crippen LogP contribution in [0.1, 0.15) is 20.3 Å². The molecule has 1 aromatic carbocycles. The molecule has 0 unspecified atom stereocenters. The van der Waals surface area contributed by atoms with Crippen molar-refractivity contribution in [1.29, 1.82) is 0 Å². The van der Waals surface area contributed by atoms with Gasteiger partial charge >= 0.3 is 0 Å². The number of hydrogen-bond acceptors (Lipinski definition) is 4. The lowest BCUT2D eigenvalue weighted by Crippen LogP contribution is -2.45. The lowest BCUT2D eigenvalue weighted by molar-refractivity contribution is 0.169. The van der Waals surface area contributed by atoms with Gasteiger partial charge in [0.1, 0.15) is 13.2 Å². The fraction of sp³-hybridized carbons (Fsp3) is 0.625. The maximum absolute atomic E-state index is 5.78. The first-order valence-electron chi connectivity index (χ1n) is 7.65. The Bertz CT molecular complexity index is 464. The van der Waals surface area contributed by atoms with E-state index in [1.165, 1.54) is 19.5 Å². The Hall–Kier alpha value is -1.42. The molecule has 2 atom stereocenters. The lowest BCUT2D eigenvalue weighted by Gasteiger charge is -2.37. The third-order valence-corrected chi connectivity index (χ3v) is 4.34. The summed E-state index contributed by atoms with van der Waals surface area (Å²) in [5.74, 6) is 2.38. The number of para-hydroxylation sites is 1. The first-order valence-corrected chi connectivity index (χ1v) is 7.65. The van der Waals surface area contributed by atoms with Gasteiger partial charge in [-0.1, -0.05) is 19.9 Å². The molecular weight excluding hydrogens is 252 g/mol. The number of anilines is 1. The Balaban J connectivity index is 1.72. The van der Waals surface area contributed by atoms with Crippen molar-refractivity contribution >= 4 is 5.69 Å². The normalized spacial score (nSPS) is 26.3. The van der Waals surface area contributed by atoms with E-state index in [1.807, 2.05) is 12.1 Å². The molecule has 1 saturated heterocycles. The molecule has 4 nitrogen and oxygen atoms in total. The Morgan fingerprint density at radius 2 is 2.15 bits per heavy atom. The predicted octanol–water partition coefficient (Wildman–Crippen LogP) is 2.60. The monoisotopic (exact) mass is 276 g/mol. The number of piperidine rings is 1. The predicted molar refractivity (Wildman–Crippen MR) is 80.7 cm³/mol. The van der Waals surface area contributed by atoms with Crippen LogP contribution < -0.4 is 14.8 Å². The molecule has 0 saturated carbocycles. The van der Waals surface area contributed by atoms with E-state index in [-0.39, 0.29) is 0 Å². The summed E-state index contributed by atoms with van der Waals surface area (Å²) in [6.07, 6.45) is 1.18. The van der Waals surface area contributed by atoms with Crippen molar-refractivity contribution in [3.8, 4) is 11.5 Å². The zero-order valence-electron chi connectivity index (χ0n) is 12.4. The van der Waals surface area contributed by atoms with Gasteiger partial charge in [0.15, 0.2) is 11.5 Å². The van der Waals surface area contributed by atoms with Crippen molar-refractivity contribution < 1.29 is 9.47 Å². The van der Waals surface area contributed by atoms with Gasteiger partial charge in [0.05, 0.1) is 5.69 Å². The third-order valence-electron chi connectivity index (χ3n) is 4.34. The number of benzene rings is 1. The van der Waals surface area contributed by atoms with Gasteiger partial charge < -0.3 is 19.7 Å². The molecule has 0 radical (unpaired) electrons. The number of fused-ring (bicyclic) bond motifs is 1. The van der Waals surface area contributed by atoms with Crippen molar-refractivity contribution in [3.05, 3.63) is 18.2 Å². The molecule has 0 amide bonds. The molecule has 0 aliphatic carbocycles. The number of rotatable bonds is 3. The van der Waals surface area contributed by atoms with Gasteiger partial charge in [-0.05, 0) is 31.0 Å². The highest BCUT2D eigenvalue weighted by Crippen LogP contribution is 2.38. The molecule has 2 aliphatic rings. The minimum Gasteiger partial charge on any atom is -0.486 e. The van der Waals surface area contributed by atoms with Gasteiger partial charge in [-0.3, -0.25) is 0 Å². The van der Waals surface area contributed by atoms with E-state index < -0.39 is 0 Å². The van der Waals surface area contributed by atoms with Gasteiger partial charge in [-0.25, -0.2) is 0 Å². The van der Waals surface area contributed by atoms with Crippen LogP contribution in [-0.4, -0.2) is 43.8 Å². The van der Waals surface area contributed by atoms with E-state index >= 15 is 0 Å². The standard InChI is InChI=1S/C16H24N2O2/c1-3-18-8-7-13(12(2)11-18)17-14-5-4-6-15-16(14)20-10-9-19-15/h4-6,12-13,17H,3,7-11H2,1-2H3/t12-,13-/m0/s1. The van der Waals surface area contributed by atoms with E-state index in [1.54, 1.807) is 0 Å². The number of nitrogens with zero attached hydrogens (tertiary/aromatic N) is 1. The summed E-state index contributed by atoms with van der Waals surface area (Å²) in [5, 5.41) is 3.67. The first-order chi connectivity index (χ1) is 9.78. The van der Waals surface area contributed by atoms with Crippen molar-refractivity contribution in [2.75, 3.05) is 38.2 Å². The average Bonchev–Trinajstić information content (AvgIpc) is 2.49. The van der Waals surface area contributed by atoms with Gasteiger partial charge in [0.25, 0.3) is 0 Å². The fourth-order valence-electron chi connectivity index (χ4n) is 3.12. The fourth-order valence-corrected chi connectivity index (χ4v) is 3.12. The van der Waals surface area contributed by atoms with Crippen LogP contribution in [0.2, 0.25) is 0 Å². The molecule has 0 aromatic heterocycles. The van der Waals surface area contributed by atoms with E-state index in [9.17, 15) is 0 Å². The average molecular weight is 276 g/mol. The topological polar surface area (TPSA) is 33.7 Å². The highest BCUT2D eigenvalue weighted by molar-refractivity contribution is 5.64. The van der Waals surface area contributed by atoms with Crippen LogP contribution in [-0.2, 0) is 0 Å². The van der Waals surface area contributed by atoms with Crippen LogP contribution in [0.25, 0.3) is 0 Å². The summed E-state index contributed by atoms with van der Waals surface area (Å²) < 4.78 is 11.4. The second-order valence-electron chi connectivity index (χ2n) is 5.74. The van der Waals surface area contributed by atoms with E-state index in [0.29, 0.717) is 25.2 Å². The van der Waals surface area contributed by atoms with Crippen LogP contribution >= 0.6 is 0 Å². The van der Waals surface area contributed by atoms with E-state index in [0.717, 1.165) is 23.7 Å². The Morgan fingerprint density at radius 3 is 2.95 bits per heavy atom. The summed E-state index contributed by atoms with van der Waals surface area (Å²) in [6, 6.07) is 6.60.